The molecular formula is C16H30N6O7. The van der Waals surface area contributed by atoms with Crippen molar-refractivity contribution in [3.8, 4) is 0 Å². The predicted molar refractivity (Wildman–Crippen MR) is 103 cm³/mol. The number of unbranched alkanes of at least 4 members (excludes halogenated alkanes) is 1. The fraction of sp³-hybridized carbons (Fsp3) is 0.562. The highest BCUT2D eigenvalue weighted by Gasteiger charge is 2.23. The number of amides is 1. The number of carbonyl (C=O) groups excluding carboxylic acids is 1. The molecule has 0 radical (unpaired) electrons. The Hall–Kier alpha value is -3.03. The van der Waals surface area contributed by atoms with Crippen LogP contribution in [0, 0.1) is 0 Å². The number of carboxylic acid groups (broad SMARTS) is 3. The van der Waals surface area contributed by atoms with Gasteiger partial charge in [0.15, 0.2) is 0 Å². The SMILES string of the molecule is CC(=O)O.NCC(=O)O.NCCCCC(NC(=O)C(N)Cc1cnc[nH]1)C(=O)O. The molecule has 166 valence electrons. The number of aliphatic carboxylic acids is 3. The van der Waals surface area contributed by atoms with Crippen molar-refractivity contribution in [1.82, 2.24) is 15.3 Å². The maximum Gasteiger partial charge on any atom is 0.326 e. The van der Waals surface area contributed by atoms with E-state index in [-0.39, 0.29) is 13.0 Å². The lowest BCUT2D eigenvalue weighted by atomic mass is 10.1. The molecule has 13 nitrogen and oxygen atoms in total. The third-order valence-corrected chi connectivity index (χ3v) is 3.07. The van der Waals surface area contributed by atoms with E-state index in [0.717, 1.165) is 19.0 Å². The highest BCUT2D eigenvalue weighted by atomic mass is 16.4. The van der Waals surface area contributed by atoms with Crippen molar-refractivity contribution in [1.29, 1.82) is 0 Å². The van der Waals surface area contributed by atoms with E-state index in [0.29, 0.717) is 19.4 Å². The molecular weight excluding hydrogens is 388 g/mol. The molecule has 1 heterocycles. The molecule has 0 fully saturated rings. The number of nitrogens with one attached hydrogen (secondary N) is 2. The molecule has 1 amide bonds. The fourth-order valence-electron chi connectivity index (χ4n) is 1.75. The zero-order chi connectivity index (χ0) is 22.8. The van der Waals surface area contributed by atoms with Crippen LogP contribution in [0.25, 0.3) is 0 Å². The van der Waals surface area contributed by atoms with Gasteiger partial charge < -0.3 is 42.8 Å². The highest BCUT2D eigenvalue weighted by Crippen LogP contribution is 2.02. The van der Waals surface area contributed by atoms with Gasteiger partial charge in [0.1, 0.15) is 6.04 Å². The summed E-state index contributed by atoms with van der Waals surface area (Å²) in [7, 11) is 0. The number of H-pyrrole nitrogens is 1. The van der Waals surface area contributed by atoms with Gasteiger partial charge in [0.2, 0.25) is 5.91 Å². The Morgan fingerprint density at radius 2 is 1.72 bits per heavy atom. The Bertz CT molecular complexity index is 605. The van der Waals surface area contributed by atoms with Gasteiger partial charge in [0, 0.05) is 25.2 Å². The Kier molecular flexibility index (Phi) is 16.6. The van der Waals surface area contributed by atoms with Crippen molar-refractivity contribution < 1.29 is 34.5 Å². The van der Waals surface area contributed by atoms with Crippen LogP contribution in [0.1, 0.15) is 31.9 Å². The van der Waals surface area contributed by atoms with E-state index in [1.165, 1.54) is 6.33 Å². The summed E-state index contributed by atoms with van der Waals surface area (Å²) in [4.78, 5) is 47.8. The molecule has 1 rings (SSSR count). The summed E-state index contributed by atoms with van der Waals surface area (Å²) in [6.07, 6.45) is 5.05. The normalized spacial score (nSPS) is 11.6. The van der Waals surface area contributed by atoms with Crippen LogP contribution in [-0.4, -0.2) is 74.3 Å². The van der Waals surface area contributed by atoms with E-state index in [4.69, 9.17) is 31.6 Å². The Morgan fingerprint density at radius 3 is 2.10 bits per heavy atom. The molecule has 1 aromatic rings. The van der Waals surface area contributed by atoms with Gasteiger partial charge in [-0.15, -0.1) is 0 Å². The van der Waals surface area contributed by atoms with Crippen molar-refractivity contribution >= 4 is 23.8 Å². The maximum atomic E-state index is 11.9. The number of aromatic amines is 1. The second-order valence-corrected chi connectivity index (χ2v) is 5.69. The van der Waals surface area contributed by atoms with Crippen molar-refractivity contribution in [2.45, 2.75) is 44.7 Å². The van der Waals surface area contributed by atoms with E-state index < -0.39 is 35.9 Å². The van der Waals surface area contributed by atoms with Crippen LogP contribution in [0.4, 0.5) is 0 Å². The molecule has 0 aliphatic heterocycles. The molecule has 0 bridgehead atoms. The number of imidazole rings is 1. The Labute approximate surface area is 167 Å². The minimum Gasteiger partial charge on any atom is -0.481 e. The molecule has 29 heavy (non-hydrogen) atoms. The van der Waals surface area contributed by atoms with Gasteiger partial charge in [-0.2, -0.15) is 0 Å². The van der Waals surface area contributed by atoms with Gasteiger partial charge in [-0.25, -0.2) is 9.78 Å². The number of carbonyl (C=O) groups is 4. The summed E-state index contributed by atoms with van der Waals surface area (Å²) in [5, 5.41) is 26.5. The maximum absolute atomic E-state index is 11.9. The van der Waals surface area contributed by atoms with E-state index in [2.05, 4.69) is 21.0 Å². The first-order valence-corrected chi connectivity index (χ1v) is 8.62. The summed E-state index contributed by atoms with van der Waals surface area (Å²) in [5.74, 6) is -3.35. The van der Waals surface area contributed by atoms with Crippen molar-refractivity contribution in [3.05, 3.63) is 18.2 Å². The highest BCUT2D eigenvalue weighted by molar-refractivity contribution is 5.86. The molecule has 0 aliphatic carbocycles. The molecule has 1 aromatic heterocycles. The second kappa shape index (κ2) is 17.1. The molecule has 0 saturated carbocycles. The minimum absolute atomic E-state index is 0.278. The molecule has 2 atom stereocenters. The van der Waals surface area contributed by atoms with Gasteiger partial charge in [-0.05, 0) is 25.8 Å². The number of hydrogen-bond donors (Lipinski definition) is 8. The van der Waals surface area contributed by atoms with Gasteiger partial charge in [0.05, 0.1) is 18.9 Å². The largest absolute Gasteiger partial charge is 0.481 e. The van der Waals surface area contributed by atoms with Crippen molar-refractivity contribution in [2.75, 3.05) is 13.1 Å². The molecule has 13 heteroatoms. The summed E-state index contributed by atoms with van der Waals surface area (Å²) >= 11 is 0. The first-order valence-electron chi connectivity index (χ1n) is 8.62. The van der Waals surface area contributed by atoms with Crippen LogP contribution < -0.4 is 22.5 Å². The average Bonchev–Trinajstić information content (AvgIpc) is 3.13. The van der Waals surface area contributed by atoms with Crippen molar-refractivity contribution in [3.63, 3.8) is 0 Å². The van der Waals surface area contributed by atoms with E-state index in [1.807, 2.05) is 0 Å². The van der Waals surface area contributed by atoms with E-state index >= 15 is 0 Å². The molecule has 0 aliphatic rings. The predicted octanol–water partition coefficient (Wildman–Crippen LogP) is -1.90. The molecule has 11 N–H and O–H groups in total. The number of nitrogens with zero attached hydrogens (tertiary/aromatic N) is 1. The monoisotopic (exact) mass is 418 g/mol. The van der Waals surface area contributed by atoms with Crippen LogP contribution in [0.5, 0.6) is 0 Å². The number of nitrogens with two attached hydrogens (primary N) is 3. The number of carboxylic acids is 3. The Balaban J connectivity index is 0. The van der Waals surface area contributed by atoms with E-state index in [9.17, 15) is 14.4 Å². The average molecular weight is 418 g/mol. The van der Waals surface area contributed by atoms with Gasteiger partial charge in [0.25, 0.3) is 5.97 Å². The smallest absolute Gasteiger partial charge is 0.326 e. The van der Waals surface area contributed by atoms with Crippen LogP contribution in [0.2, 0.25) is 0 Å². The minimum atomic E-state index is -1.07. The molecule has 0 spiro atoms. The first-order chi connectivity index (χ1) is 13.5. The van der Waals surface area contributed by atoms with Gasteiger partial charge in [-0.3, -0.25) is 14.4 Å². The fourth-order valence-corrected chi connectivity index (χ4v) is 1.75. The number of aromatic nitrogens is 2. The lowest BCUT2D eigenvalue weighted by Gasteiger charge is -2.17. The zero-order valence-corrected chi connectivity index (χ0v) is 16.2. The summed E-state index contributed by atoms with van der Waals surface area (Å²) in [6.45, 7) is 1.31. The quantitative estimate of drug-likeness (QED) is 0.195. The van der Waals surface area contributed by atoms with E-state index in [1.54, 1.807) is 6.20 Å². The van der Waals surface area contributed by atoms with Crippen LogP contribution >= 0.6 is 0 Å². The zero-order valence-electron chi connectivity index (χ0n) is 16.2. The molecule has 0 saturated heterocycles. The molecule has 0 aromatic carbocycles. The number of hydrogen-bond acceptors (Lipinski definition) is 8. The summed E-state index contributed by atoms with van der Waals surface area (Å²) < 4.78 is 0. The van der Waals surface area contributed by atoms with Crippen LogP contribution in [0.3, 0.4) is 0 Å². The van der Waals surface area contributed by atoms with Crippen molar-refractivity contribution in [2.24, 2.45) is 17.2 Å². The summed E-state index contributed by atoms with van der Waals surface area (Å²) in [6, 6.07) is -1.74. The van der Waals surface area contributed by atoms with Gasteiger partial charge in [-0.1, -0.05) is 0 Å². The summed E-state index contributed by atoms with van der Waals surface area (Å²) in [5.41, 5.74) is 16.4. The first kappa shape index (κ1) is 28.2. The molecule has 2 unspecified atom stereocenters. The second-order valence-electron chi connectivity index (χ2n) is 5.69. The topological polar surface area (TPSA) is 248 Å². The van der Waals surface area contributed by atoms with Gasteiger partial charge >= 0.3 is 11.9 Å². The third-order valence-electron chi connectivity index (χ3n) is 3.07. The third kappa shape index (κ3) is 18.1. The lowest BCUT2D eigenvalue weighted by Crippen LogP contribution is -2.49. The standard InChI is InChI=1S/C12H21N5O3.C2H5NO2.C2H4O2/c13-4-2-1-3-10(12(19)20)17-11(18)9(14)5-8-6-15-7-16-8;3-1-2(4)5;1-2(3)4/h6-7,9-10H,1-5,13-14H2,(H,15,16)(H,17,18)(H,19,20);1,3H2,(H,4,5);1H3,(H,3,4). The lowest BCUT2D eigenvalue weighted by molar-refractivity contribution is -0.142. The number of rotatable bonds is 10. The Morgan fingerprint density at radius 1 is 1.17 bits per heavy atom. The van der Waals surface area contributed by atoms with Crippen LogP contribution in [-0.2, 0) is 25.6 Å². The van der Waals surface area contributed by atoms with Crippen LogP contribution in [0.15, 0.2) is 12.5 Å².